The molecular weight excluding hydrogens is 312 g/mol. The zero-order chi connectivity index (χ0) is 16.2. The summed E-state index contributed by atoms with van der Waals surface area (Å²) >= 11 is 1.68. The quantitative estimate of drug-likeness (QED) is 0.804. The summed E-state index contributed by atoms with van der Waals surface area (Å²) in [5, 5.41) is 3.40. The first-order valence-electron chi connectivity index (χ1n) is 8.04. The summed E-state index contributed by atoms with van der Waals surface area (Å²) in [6, 6.07) is 5.86. The van der Waals surface area contributed by atoms with Gasteiger partial charge in [0, 0.05) is 43.2 Å². The number of methoxy groups -OCH3 is 2. The zero-order valence-electron chi connectivity index (χ0n) is 13.7. The van der Waals surface area contributed by atoms with Crippen LogP contribution in [0, 0.1) is 11.8 Å². The van der Waals surface area contributed by atoms with Crippen molar-refractivity contribution < 1.29 is 14.3 Å². The molecule has 23 heavy (non-hydrogen) atoms. The van der Waals surface area contributed by atoms with Crippen LogP contribution in [0.3, 0.4) is 0 Å². The van der Waals surface area contributed by atoms with Crippen molar-refractivity contribution in [2.75, 3.05) is 46.2 Å². The van der Waals surface area contributed by atoms with E-state index in [1.54, 1.807) is 26.0 Å². The van der Waals surface area contributed by atoms with Crippen LogP contribution < -0.4 is 14.8 Å². The number of amides is 1. The van der Waals surface area contributed by atoms with E-state index in [1.165, 1.54) is 0 Å². The fraction of sp³-hybridized carbons (Fsp3) is 0.588. The van der Waals surface area contributed by atoms with E-state index in [1.807, 2.05) is 23.1 Å². The molecule has 1 aromatic carbocycles. The first kappa shape index (κ1) is 16.5. The number of hydrogen-bond acceptors (Lipinski definition) is 5. The Bertz CT molecular complexity index is 555. The molecule has 0 bridgehead atoms. The van der Waals surface area contributed by atoms with Crippen LogP contribution in [-0.4, -0.2) is 57.0 Å². The minimum absolute atomic E-state index is 0.285. The van der Waals surface area contributed by atoms with E-state index >= 15 is 0 Å². The van der Waals surface area contributed by atoms with Crippen molar-refractivity contribution in [3.63, 3.8) is 0 Å². The SMILES string of the molecule is COc1ccc(SCCC(=O)N2C[C@H]3CNC[C@H]3C2)cc1OC. The Balaban J connectivity index is 1.47. The van der Waals surface area contributed by atoms with Crippen LogP contribution in [0.1, 0.15) is 6.42 Å². The fourth-order valence-electron chi connectivity index (χ4n) is 3.38. The average Bonchev–Trinajstić information content (AvgIpc) is 3.16. The van der Waals surface area contributed by atoms with Gasteiger partial charge in [-0.15, -0.1) is 11.8 Å². The number of fused-ring (bicyclic) bond motifs is 1. The smallest absolute Gasteiger partial charge is 0.223 e. The number of nitrogens with one attached hydrogen (secondary N) is 1. The van der Waals surface area contributed by atoms with Gasteiger partial charge < -0.3 is 19.7 Å². The van der Waals surface area contributed by atoms with E-state index in [9.17, 15) is 4.79 Å². The second-order valence-electron chi connectivity index (χ2n) is 6.09. The highest BCUT2D eigenvalue weighted by Gasteiger charge is 2.37. The van der Waals surface area contributed by atoms with Crippen molar-refractivity contribution in [1.29, 1.82) is 0 Å². The molecule has 5 nitrogen and oxygen atoms in total. The van der Waals surface area contributed by atoms with Gasteiger partial charge in [-0.2, -0.15) is 0 Å². The van der Waals surface area contributed by atoms with Crippen molar-refractivity contribution >= 4 is 17.7 Å². The fourth-order valence-corrected chi connectivity index (χ4v) is 4.25. The summed E-state index contributed by atoms with van der Waals surface area (Å²) in [6.45, 7) is 3.98. The van der Waals surface area contributed by atoms with Gasteiger partial charge >= 0.3 is 0 Å². The molecule has 1 N–H and O–H groups in total. The van der Waals surface area contributed by atoms with E-state index in [-0.39, 0.29) is 5.91 Å². The van der Waals surface area contributed by atoms with E-state index < -0.39 is 0 Å². The molecule has 0 spiro atoms. The third-order valence-corrected chi connectivity index (χ3v) is 5.68. The van der Waals surface area contributed by atoms with Crippen LogP contribution in [0.4, 0.5) is 0 Å². The van der Waals surface area contributed by atoms with Crippen LogP contribution >= 0.6 is 11.8 Å². The summed E-state index contributed by atoms with van der Waals surface area (Å²) in [6.07, 6.45) is 0.589. The van der Waals surface area contributed by atoms with Crippen molar-refractivity contribution in [3.05, 3.63) is 18.2 Å². The van der Waals surface area contributed by atoms with Gasteiger partial charge in [-0.25, -0.2) is 0 Å². The zero-order valence-corrected chi connectivity index (χ0v) is 14.5. The van der Waals surface area contributed by atoms with Gasteiger partial charge in [0.15, 0.2) is 11.5 Å². The molecule has 126 valence electrons. The van der Waals surface area contributed by atoms with Crippen LogP contribution in [0.15, 0.2) is 23.1 Å². The Morgan fingerprint density at radius 1 is 1.22 bits per heavy atom. The Kier molecular flexibility index (Phi) is 5.33. The normalized spacial score (nSPS) is 23.0. The molecule has 0 unspecified atom stereocenters. The predicted molar refractivity (Wildman–Crippen MR) is 91.3 cm³/mol. The summed E-state index contributed by atoms with van der Waals surface area (Å²) in [7, 11) is 3.26. The lowest BCUT2D eigenvalue weighted by molar-refractivity contribution is -0.129. The van der Waals surface area contributed by atoms with Gasteiger partial charge in [-0.3, -0.25) is 4.79 Å². The highest BCUT2D eigenvalue weighted by Crippen LogP contribution is 2.32. The number of rotatable bonds is 6. The summed E-state index contributed by atoms with van der Waals surface area (Å²) in [4.78, 5) is 15.5. The van der Waals surface area contributed by atoms with Gasteiger partial charge in [0.25, 0.3) is 0 Å². The number of thioether (sulfide) groups is 1. The lowest BCUT2D eigenvalue weighted by atomic mass is 10.0. The second kappa shape index (κ2) is 7.45. The van der Waals surface area contributed by atoms with Gasteiger partial charge in [0.1, 0.15) is 0 Å². The third kappa shape index (κ3) is 3.75. The first-order chi connectivity index (χ1) is 11.2. The van der Waals surface area contributed by atoms with Crippen molar-refractivity contribution in [2.45, 2.75) is 11.3 Å². The molecule has 0 radical (unpaired) electrons. The summed E-state index contributed by atoms with van der Waals surface area (Å²) in [5.74, 6) is 3.86. The highest BCUT2D eigenvalue weighted by atomic mass is 32.2. The molecule has 0 saturated carbocycles. The number of nitrogens with zero attached hydrogens (tertiary/aromatic N) is 1. The molecule has 3 rings (SSSR count). The van der Waals surface area contributed by atoms with Gasteiger partial charge in [-0.1, -0.05) is 0 Å². The van der Waals surface area contributed by atoms with Crippen molar-refractivity contribution in [1.82, 2.24) is 10.2 Å². The average molecular weight is 336 g/mol. The highest BCUT2D eigenvalue weighted by molar-refractivity contribution is 7.99. The minimum Gasteiger partial charge on any atom is -0.493 e. The molecule has 2 saturated heterocycles. The molecule has 2 aliphatic rings. The van der Waals surface area contributed by atoms with Gasteiger partial charge in [0.2, 0.25) is 5.91 Å². The molecular formula is C17H24N2O3S. The number of likely N-dealkylation sites (tertiary alicyclic amines) is 1. The van der Waals surface area contributed by atoms with E-state index in [4.69, 9.17) is 9.47 Å². The number of benzene rings is 1. The maximum atomic E-state index is 12.3. The lowest BCUT2D eigenvalue weighted by Crippen LogP contribution is -2.32. The van der Waals surface area contributed by atoms with E-state index in [0.29, 0.717) is 18.3 Å². The molecule has 0 aromatic heterocycles. The largest absolute Gasteiger partial charge is 0.493 e. The van der Waals surface area contributed by atoms with Gasteiger partial charge in [-0.05, 0) is 30.0 Å². The number of ether oxygens (including phenoxy) is 2. The van der Waals surface area contributed by atoms with Crippen molar-refractivity contribution in [3.8, 4) is 11.5 Å². The topological polar surface area (TPSA) is 50.8 Å². The van der Waals surface area contributed by atoms with Gasteiger partial charge in [0.05, 0.1) is 14.2 Å². The number of carbonyl (C=O) groups is 1. The van der Waals surface area contributed by atoms with E-state index in [0.717, 1.165) is 48.3 Å². The lowest BCUT2D eigenvalue weighted by Gasteiger charge is -2.17. The van der Waals surface area contributed by atoms with Crippen molar-refractivity contribution in [2.24, 2.45) is 11.8 Å². The number of hydrogen-bond donors (Lipinski definition) is 1. The Hall–Kier alpha value is -1.40. The molecule has 1 aromatic rings. The molecule has 2 atom stereocenters. The number of carbonyl (C=O) groups excluding carboxylic acids is 1. The van der Waals surface area contributed by atoms with Crippen LogP contribution in [0.5, 0.6) is 11.5 Å². The van der Waals surface area contributed by atoms with Crippen LogP contribution in [0.2, 0.25) is 0 Å². The molecule has 2 aliphatic heterocycles. The molecule has 0 aliphatic carbocycles. The summed E-state index contributed by atoms with van der Waals surface area (Å²) in [5.41, 5.74) is 0. The molecule has 2 fully saturated rings. The second-order valence-corrected chi connectivity index (χ2v) is 7.26. The Labute approximate surface area is 141 Å². The summed E-state index contributed by atoms with van der Waals surface area (Å²) < 4.78 is 10.5. The van der Waals surface area contributed by atoms with E-state index in [2.05, 4.69) is 5.32 Å². The Morgan fingerprint density at radius 2 is 1.91 bits per heavy atom. The molecule has 2 heterocycles. The first-order valence-corrected chi connectivity index (χ1v) is 9.03. The maximum absolute atomic E-state index is 12.3. The third-order valence-electron chi connectivity index (χ3n) is 4.68. The standard InChI is InChI=1S/C17H24N2O3S/c1-21-15-4-3-14(7-16(15)22-2)23-6-5-17(20)19-10-12-8-18-9-13(12)11-19/h3-4,7,12-13,18H,5-6,8-11H2,1-2H3/t12-,13+. The Morgan fingerprint density at radius 3 is 2.57 bits per heavy atom. The monoisotopic (exact) mass is 336 g/mol. The van der Waals surface area contributed by atoms with Crippen LogP contribution in [-0.2, 0) is 4.79 Å². The minimum atomic E-state index is 0.285. The molecule has 6 heteroatoms. The maximum Gasteiger partial charge on any atom is 0.223 e. The van der Waals surface area contributed by atoms with Crippen LogP contribution in [0.25, 0.3) is 0 Å². The predicted octanol–water partition coefficient (Wildman–Crippen LogP) is 1.86. The molecule has 1 amide bonds.